The maximum absolute atomic E-state index is 12.4. The molecule has 0 atom stereocenters. The Bertz CT molecular complexity index is 1020. The molecule has 2 N–H and O–H groups in total. The van der Waals surface area contributed by atoms with E-state index in [-0.39, 0.29) is 5.78 Å². The zero-order valence-electron chi connectivity index (χ0n) is 18.1. The van der Waals surface area contributed by atoms with Crippen molar-refractivity contribution < 1.29 is 24.7 Å². The van der Waals surface area contributed by atoms with Gasteiger partial charge in [0, 0.05) is 35.8 Å². The topological polar surface area (TPSA) is 62.7 Å². The molecule has 0 saturated heterocycles. The first-order valence-electron chi connectivity index (χ1n) is 9.83. The number of allylic oxidation sites excluding steroid dienone is 3. The quantitative estimate of drug-likeness (QED) is 0.357. The number of carbonyl (C=O) groups is 1. The first-order valence-corrected chi connectivity index (χ1v) is 17.6. The van der Waals surface area contributed by atoms with Gasteiger partial charge in [0.15, 0.2) is 0 Å². The van der Waals surface area contributed by atoms with Crippen LogP contribution in [-0.4, -0.2) is 25.1 Å². The molecule has 0 fully saturated rings. The molecule has 0 aromatic heterocycles. The molecule has 0 unspecified atom stereocenters. The van der Waals surface area contributed by atoms with Gasteiger partial charge in [-0.1, -0.05) is 18.2 Å². The second-order valence-electron chi connectivity index (χ2n) is 6.70. The van der Waals surface area contributed by atoms with Crippen molar-refractivity contribution in [1.29, 1.82) is 0 Å². The van der Waals surface area contributed by atoms with E-state index < -0.39 is 15.1 Å². The average molecular weight is 512 g/mol. The van der Waals surface area contributed by atoms with E-state index in [2.05, 4.69) is 28.6 Å². The SMILES string of the molecule is CCNC1=CC(=O)C(=Nc2ccc(Nc3ccccc3C)cc2OC)C=C1C.[Cl][Zn][Cl]. The fourth-order valence-electron chi connectivity index (χ4n) is 2.99. The van der Waals surface area contributed by atoms with Crippen molar-refractivity contribution in [2.45, 2.75) is 20.8 Å². The fraction of sp³-hybridized carbons (Fsp3) is 0.217. The van der Waals surface area contributed by atoms with E-state index >= 15 is 0 Å². The Morgan fingerprint density at radius 2 is 1.81 bits per heavy atom. The molecule has 1 aliphatic carbocycles. The average Bonchev–Trinajstić information content (AvgIpc) is 2.75. The molecule has 160 valence electrons. The minimum absolute atomic E-state index is 0.120. The minimum atomic E-state index is -0.931. The van der Waals surface area contributed by atoms with Gasteiger partial charge in [0.05, 0.1) is 7.11 Å². The van der Waals surface area contributed by atoms with E-state index in [4.69, 9.17) is 24.1 Å². The van der Waals surface area contributed by atoms with Crippen molar-refractivity contribution in [2.75, 3.05) is 19.0 Å². The van der Waals surface area contributed by atoms with E-state index in [0.717, 1.165) is 34.8 Å². The summed E-state index contributed by atoms with van der Waals surface area (Å²) in [5.74, 6) is 0.483. The molecule has 0 bridgehead atoms. The number of ketones is 1. The third kappa shape index (κ3) is 7.20. The Labute approximate surface area is 199 Å². The first kappa shape index (κ1) is 25.1. The number of rotatable bonds is 6. The second kappa shape index (κ2) is 12.7. The van der Waals surface area contributed by atoms with Gasteiger partial charge in [-0.25, -0.2) is 4.99 Å². The van der Waals surface area contributed by atoms with Gasteiger partial charge in [0.25, 0.3) is 0 Å². The van der Waals surface area contributed by atoms with Gasteiger partial charge >= 0.3 is 34.5 Å². The van der Waals surface area contributed by atoms with E-state index in [9.17, 15) is 4.79 Å². The standard InChI is InChI=1S/C23H25N3O2.2ClH.Zn/c1-5-24-20-14-22(27)21(12-16(20)3)26-19-11-10-17(13-23(19)28-4)25-18-9-7-6-8-15(18)2;;;/h6-14,24-25H,5H2,1-4H3;2*1H;/q;;;+2/p-2. The maximum atomic E-state index is 12.4. The first-order chi connectivity index (χ1) is 14.9. The summed E-state index contributed by atoms with van der Waals surface area (Å²) < 4.78 is 5.51. The molecule has 1 aliphatic rings. The summed E-state index contributed by atoms with van der Waals surface area (Å²) in [4.78, 5) is 17.0. The Morgan fingerprint density at radius 3 is 2.45 bits per heavy atom. The van der Waals surface area contributed by atoms with Gasteiger partial charge < -0.3 is 15.4 Å². The Morgan fingerprint density at radius 1 is 1.10 bits per heavy atom. The molecular formula is C23H25Cl2N3O2Zn. The molecule has 31 heavy (non-hydrogen) atoms. The molecule has 0 radical (unpaired) electrons. The Hall–Kier alpha value is -2.14. The number of hydrogen-bond donors (Lipinski definition) is 2. The fourth-order valence-corrected chi connectivity index (χ4v) is 2.99. The molecule has 5 nitrogen and oxygen atoms in total. The van der Waals surface area contributed by atoms with Crippen LogP contribution in [0.4, 0.5) is 17.1 Å². The molecule has 3 rings (SSSR count). The Kier molecular flexibility index (Phi) is 10.3. The number of benzene rings is 2. The summed E-state index contributed by atoms with van der Waals surface area (Å²) in [6.07, 6.45) is 3.40. The van der Waals surface area contributed by atoms with Gasteiger partial charge in [-0.05, 0) is 56.2 Å². The zero-order valence-corrected chi connectivity index (χ0v) is 22.6. The molecule has 0 aliphatic heterocycles. The number of aliphatic imine (C=N–C) groups is 1. The summed E-state index contributed by atoms with van der Waals surface area (Å²) in [7, 11) is 11.5. The number of anilines is 2. The predicted octanol–water partition coefficient (Wildman–Crippen LogP) is 6.22. The van der Waals surface area contributed by atoms with Crippen LogP contribution in [0, 0.1) is 6.92 Å². The van der Waals surface area contributed by atoms with Gasteiger partial charge in [0.1, 0.15) is 17.1 Å². The number of halogens is 2. The monoisotopic (exact) mass is 509 g/mol. The number of para-hydroxylation sites is 1. The molecule has 8 heteroatoms. The van der Waals surface area contributed by atoms with Gasteiger partial charge in [0.2, 0.25) is 5.78 Å². The molecule has 0 amide bonds. The molecule has 0 saturated carbocycles. The summed E-state index contributed by atoms with van der Waals surface area (Å²) in [5.41, 5.74) is 5.93. The normalized spacial score (nSPS) is 14.0. The number of carbonyl (C=O) groups excluding carboxylic acids is 1. The summed E-state index contributed by atoms with van der Waals surface area (Å²) >= 11 is -0.931. The van der Waals surface area contributed by atoms with Crippen LogP contribution in [0.25, 0.3) is 0 Å². The van der Waals surface area contributed by atoms with E-state index in [1.54, 1.807) is 19.3 Å². The van der Waals surface area contributed by atoms with Gasteiger partial charge in [-0.3, -0.25) is 4.79 Å². The van der Waals surface area contributed by atoms with Crippen molar-refractivity contribution >= 4 is 47.9 Å². The van der Waals surface area contributed by atoms with Crippen LogP contribution in [0.5, 0.6) is 5.75 Å². The number of nitrogens with zero attached hydrogens (tertiary/aromatic N) is 1. The second-order valence-corrected chi connectivity index (χ2v) is 11.3. The molecule has 0 spiro atoms. The third-order valence-electron chi connectivity index (χ3n) is 4.52. The predicted molar refractivity (Wildman–Crippen MR) is 127 cm³/mol. The molecule has 0 heterocycles. The van der Waals surface area contributed by atoms with Crippen LogP contribution in [-0.2, 0) is 19.9 Å². The van der Waals surface area contributed by atoms with E-state index in [0.29, 0.717) is 17.1 Å². The van der Waals surface area contributed by atoms with Crippen LogP contribution in [0.2, 0.25) is 0 Å². The molecular weight excluding hydrogens is 487 g/mol. The van der Waals surface area contributed by atoms with Crippen LogP contribution in [0.3, 0.4) is 0 Å². The summed E-state index contributed by atoms with van der Waals surface area (Å²) in [6.45, 7) is 6.78. The molecule has 2 aromatic rings. The van der Waals surface area contributed by atoms with Gasteiger partial charge in [-0.2, -0.15) is 0 Å². The number of likely N-dealkylation sites (N-methyl/N-ethyl adjacent to an activating group) is 1. The van der Waals surface area contributed by atoms with Crippen LogP contribution in [0.15, 0.2) is 70.9 Å². The van der Waals surface area contributed by atoms with Crippen molar-refractivity contribution in [2.24, 2.45) is 4.99 Å². The van der Waals surface area contributed by atoms with Gasteiger partial charge in [-0.15, -0.1) is 0 Å². The van der Waals surface area contributed by atoms with E-state index in [1.165, 1.54) is 0 Å². The van der Waals surface area contributed by atoms with Crippen LogP contribution >= 0.6 is 19.4 Å². The summed E-state index contributed by atoms with van der Waals surface area (Å²) in [6, 6.07) is 13.7. The van der Waals surface area contributed by atoms with Crippen molar-refractivity contribution in [3.63, 3.8) is 0 Å². The number of hydrogen-bond acceptors (Lipinski definition) is 5. The summed E-state index contributed by atoms with van der Waals surface area (Å²) in [5, 5.41) is 6.58. The number of methoxy groups -OCH3 is 1. The number of ether oxygens (including phenoxy) is 1. The van der Waals surface area contributed by atoms with E-state index in [1.807, 2.05) is 50.2 Å². The van der Waals surface area contributed by atoms with Crippen LogP contribution < -0.4 is 15.4 Å². The number of nitrogens with one attached hydrogen (secondary N) is 2. The Balaban J connectivity index is 0.00000107. The van der Waals surface area contributed by atoms with Crippen molar-refractivity contribution in [3.05, 3.63) is 71.5 Å². The molecule has 2 aromatic carbocycles. The van der Waals surface area contributed by atoms with Crippen LogP contribution in [0.1, 0.15) is 19.4 Å². The zero-order chi connectivity index (χ0) is 22.8. The number of aryl methyl sites for hydroxylation is 1. The third-order valence-corrected chi connectivity index (χ3v) is 4.52. The van der Waals surface area contributed by atoms with Crippen molar-refractivity contribution in [3.8, 4) is 5.75 Å². The van der Waals surface area contributed by atoms with Crippen molar-refractivity contribution in [1.82, 2.24) is 5.32 Å².